The fourth-order valence-corrected chi connectivity index (χ4v) is 2.08. The minimum Gasteiger partial charge on any atom is -0.483 e. The van der Waals surface area contributed by atoms with Gasteiger partial charge in [-0.05, 0) is 44.2 Å². The first-order valence-electron chi connectivity index (χ1n) is 8.35. The van der Waals surface area contributed by atoms with Gasteiger partial charge in [0.15, 0.2) is 11.9 Å². The van der Waals surface area contributed by atoms with Gasteiger partial charge in [-0.1, -0.05) is 0 Å². The van der Waals surface area contributed by atoms with Gasteiger partial charge in [0, 0.05) is 12.3 Å². The monoisotopic (exact) mass is 397 g/mol. The first kappa shape index (κ1) is 21.2. The lowest BCUT2D eigenvalue weighted by Gasteiger charge is -2.14. The van der Waals surface area contributed by atoms with E-state index in [4.69, 9.17) is 14.2 Å². The molecule has 0 radical (unpaired) electrons. The number of pyridine rings is 1. The Kier molecular flexibility index (Phi) is 6.97. The molecule has 2 aromatic rings. The minimum absolute atomic E-state index is 0.000323. The minimum atomic E-state index is -4.47. The maximum atomic E-state index is 12.5. The molecule has 150 valence electrons. The molecule has 0 N–H and O–H groups in total. The summed E-state index contributed by atoms with van der Waals surface area (Å²) < 4.78 is 53.1. The zero-order valence-corrected chi connectivity index (χ0v) is 15.2. The van der Waals surface area contributed by atoms with E-state index in [0.29, 0.717) is 17.7 Å². The van der Waals surface area contributed by atoms with Gasteiger partial charge in [-0.2, -0.15) is 13.2 Å². The highest BCUT2D eigenvalue weighted by Crippen LogP contribution is 2.30. The number of ether oxygens (including phenoxy) is 3. The molecule has 0 saturated heterocycles. The van der Waals surface area contributed by atoms with E-state index >= 15 is 0 Å². The number of aromatic nitrogens is 1. The molecule has 2 rings (SSSR count). The van der Waals surface area contributed by atoms with E-state index in [1.165, 1.54) is 31.2 Å². The van der Waals surface area contributed by atoms with Crippen LogP contribution in [0.2, 0.25) is 0 Å². The van der Waals surface area contributed by atoms with Crippen LogP contribution in [-0.2, 0) is 20.5 Å². The molecule has 28 heavy (non-hydrogen) atoms. The highest BCUT2D eigenvalue weighted by atomic mass is 19.4. The van der Waals surface area contributed by atoms with Crippen molar-refractivity contribution in [3.05, 3.63) is 48.2 Å². The number of rotatable bonds is 8. The number of Topliss-reactive ketones (excluding diaryl/α,β-unsaturated/α-hetero) is 1. The number of carbonyl (C=O) groups is 2. The lowest BCUT2D eigenvalue weighted by atomic mass is 10.2. The number of alkyl halides is 3. The van der Waals surface area contributed by atoms with Crippen molar-refractivity contribution in [1.82, 2.24) is 4.98 Å². The number of carbonyl (C=O) groups excluding carboxylic acids is 2. The van der Waals surface area contributed by atoms with E-state index in [1.54, 1.807) is 6.92 Å². The number of hydrogen-bond acceptors (Lipinski definition) is 6. The van der Waals surface area contributed by atoms with Gasteiger partial charge in [-0.3, -0.25) is 9.59 Å². The SMILES string of the molecule is CCOC(=O)CC(=O)C(C)Oc1ccc(Oc2ccc(C(F)(F)F)cn2)cc1. The molecule has 1 unspecified atom stereocenters. The Balaban J connectivity index is 1.92. The van der Waals surface area contributed by atoms with Crippen molar-refractivity contribution in [2.24, 2.45) is 0 Å². The molecule has 9 heteroatoms. The highest BCUT2D eigenvalue weighted by molar-refractivity contribution is 5.97. The van der Waals surface area contributed by atoms with Gasteiger partial charge in [-0.15, -0.1) is 0 Å². The first-order valence-corrected chi connectivity index (χ1v) is 8.35. The summed E-state index contributed by atoms with van der Waals surface area (Å²) in [5.74, 6) is -0.356. The second-order valence-corrected chi connectivity index (χ2v) is 5.66. The number of ketones is 1. The van der Waals surface area contributed by atoms with Crippen LogP contribution in [0.15, 0.2) is 42.6 Å². The van der Waals surface area contributed by atoms with Crippen molar-refractivity contribution >= 4 is 11.8 Å². The Labute approximate surface area is 159 Å². The van der Waals surface area contributed by atoms with Crippen molar-refractivity contribution in [2.75, 3.05) is 6.61 Å². The van der Waals surface area contributed by atoms with Crippen molar-refractivity contribution < 1.29 is 37.0 Å². The summed E-state index contributed by atoms with van der Waals surface area (Å²) in [5, 5.41) is 0. The molecule has 0 aliphatic rings. The van der Waals surface area contributed by atoms with Gasteiger partial charge in [0.25, 0.3) is 0 Å². The van der Waals surface area contributed by atoms with Gasteiger partial charge in [0.05, 0.1) is 12.2 Å². The third kappa shape index (κ3) is 6.26. The molecular weight excluding hydrogens is 379 g/mol. The van der Waals surface area contributed by atoms with Crippen molar-refractivity contribution in [1.29, 1.82) is 0 Å². The Bertz CT molecular complexity index is 804. The molecule has 0 aliphatic heterocycles. The Hall–Kier alpha value is -3.10. The van der Waals surface area contributed by atoms with Crippen LogP contribution in [-0.4, -0.2) is 29.4 Å². The standard InChI is InChI=1S/C19H18F3NO5/c1-3-26-18(25)10-16(24)12(2)27-14-5-7-15(8-6-14)28-17-9-4-13(11-23-17)19(20,21)22/h4-9,11-12H,3,10H2,1-2H3. The number of halogens is 3. The van der Waals surface area contributed by atoms with E-state index in [2.05, 4.69) is 4.98 Å². The lowest BCUT2D eigenvalue weighted by Crippen LogP contribution is -2.26. The van der Waals surface area contributed by atoms with E-state index < -0.39 is 29.6 Å². The zero-order valence-electron chi connectivity index (χ0n) is 15.2. The molecule has 1 atom stereocenters. The Morgan fingerprint density at radius 3 is 2.25 bits per heavy atom. The predicted molar refractivity (Wildman–Crippen MR) is 92.1 cm³/mol. The molecule has 0 fully saturated rings. The second-order valence-electron chi connectivity index (χ2n) is 5.66. The molecule has 0 aliphatic carbocycles. The van der Waals surface area contributed by atoms with E-state index in [-0.39, 0.29) is 18.9 Å². The fourth-order valence-electron chi connectivity index (χ4n) is 2.08. The number of esters is 1. The summed E-state index contributed by atoms with van der Waals surface area (Å²) >= 11 is 0. The van der Waals surface area contributed by atoms with Crippen LogP contribution in [0.4, 0.5) is 13.2 Å². The third-order valence-corrected chi connectivity index (χ3v) is 3.50. The molecule has 6 nitrogen and oxygen atoms in total. The van der Waals surface area contributed by atoms with Crippen molar-refractivity contribution in [3.63, 3.8) is 0 Å². The summed E-state index contributed by atoms with van der Waals surface area (Å²) in [5.41, 5.74) is -0.870. The lowest BCUT2D eigenvalue weighted by molar-refractivity contribution is -0.147. The smallest absolute Gasteiger partial charge is 0.417 e. The van der Waals surface area contributed by atoms with Crippen LogP contribution in [0.5, 0.6) is 17.4 Å². The molecule has 0 spiro atoms. The van der Waals surface area contributed by atoms with Crippen LogP contribution in [0, 0.1) is 0 Å². The highest BCUT2D eigenvalue weighted by Gasteiger charge is 2.30. The van der Waals surface area contributed by atoms with E-state index in [0.717, 1.165) is 12.1 Å². The van der Waals surface area contributed by atoms with Crippen LogP contribution in [0.1, 0.15) is 25.8 Å². The first-order chi connectivity index (χ1) is 13.2. The maximum absolute atomic E-state index is 12.5. The fraction of sp³-hybridized carbons (Fsp3) is 0.316. The average Bonchev–Trinajstić information content (AvgIpc) is 2.63. The van der Waals surface area contributed by atoms with Gasteiger partial charge in [0.2, 0.25) is 5.88 Å². The van der Waals surface area contributed by atoms with Crippen LogP contribution < -0.4 is 9.47 Å². The van der Waals surface area contributed by atoms with Gasteiger partial charge >= 0.3 is 12.1 Å². The van der Waals surface area contributed by atoms with Crippen molar-refractivity contribution in [2.45, 2.75) is 32.5 Å². The maximum Gasteiger partial charge on any atom is 0.417 e. The summed E-state index contributed by atoms with van der Waals surface area (Å²) in [6.07, 6.45) is -5.02. The molecule has 0 saturated carbocycles. The quantitative estimate of drug-likeness (QED) is 0.491. The Morgan fingerprint density at radius 2 is 1.71 bits per heavy atom. The molecule has 0 amide bonds. The average molecular weight is 397 g/mol. The van der Waals surface area contributed by atoms with Crippen LogP contribution in [0.25, 0.3) is 0 Å². The molecule has 1 aromatic heterocycles. The third-order valence-electron chi connectivity index (χ3n) is 3.50. The topological polar surface area (TPSA) is 74.7 Å². The summed E-state index contributed by atoms with van der Waals surface area (Å²) in [6, 6.07) is 8.05. The van der Waals surface area contributed by atoms with Crippen LogP contribution >= 0.6 is 0 Å². The van der Waals surface area contributed by atoms with E-state index in [9.17, 15) is 22.8 Å². The second kappa shape index (κ2) is 9.20. The number of nitrogens with zero attached hydrogens (tertiary/aromatic N) is 1. The molecule has 0 bridgehead atoms. The Morgan fingerprint density at radius 1 is 1.07 bits per heavy atom. The number of benzene rings is 1. The summed E-state index contributed by atoms with van der Waals surface area (Å²) in [6.45, 7) is 3.35. The normalized spacial score (nSPS) is 12.2. The largest absolute Gasteiger partial charge is 0.483 e. The molecular formula is C19H18F3NO5. The molecule has 1 aromatic carbocycles. The molecule has 1 heterocycles. The summed E-state index contributed by atoms with van der Waals surface area (Å²) in [4.78, 5) is 26.8. The van der Waals surface area contributed by atoms with Crippen LogP contribution in [0.3, 0.4) is 0 Å². The van der Waals surface area contributed by atoms with Gasteiger partial charge in [-0.25, -0.2) is 4.98 Å². The summed E-state index contributed by atoms with van der Waals surface area (Å²) in [7, 11) is 0. The van der Waals surface area contributed by atoms with Gasteiger partial charge < -0.3 is 14.2 Å². The van der Waals surface area contributed by atoms with E-state index in [1.807, 2.05) is 0 Å². The predicted octanol–water partition coefficient (Wildman–Crippen LogP) is 4.18. The van der Waals surface area contributed by atoms with Crippen molar-refractivity contribution in [3.8, 4) is 17.4 Å². The number of hydrogen-bond donors (Lipinski definition) is 0. The van der Waals surface area contributed by atoms with Gasteiger partial charge in [0.1, 0.15) is 17.9 Å². The zero-order chi connectivity index (χ0) is 20.7.